The summed E-state index contributed by atoms with van der Waals surface area (Å²) in [6.07, 6.45) is 42.4. The van der Waals surface area contributed by atoms with Crippen molar-refractivity contribution in [1.29, 1.82) is 0 Å². The number of hydrogen-bond acceptors (Lipinski definition) is 0. The minimum absolute atomic E-state index is 0. The van der Waals surface area contributed by atoms with Gasteiger partial charge < -0.3 is 0 Å². The minimum atomic E-state index is -2.50. The first-order valence-corrected chi connectivity index (χ1v) is 37.0. The molecule has 0 heterocycles. The quantitative estimate of drug-likeness (QED) is 0.154. The average Bonchev–Trinajstić information content (AvgIpc) is 4.20. The Bertz CT molecular complexity index is 2330. The maximum absolute atomic E-state index is 2.67. The molecule has 0 nitrogen and oxygen atoms in total. The molecule has 4 atom stereocenters. The van der Waals surface area contributed by atoms with E-state index < -0.39 is 41.9 Å². The molecule has 0 amide bonds. The van der Waals surface area contributed by atoms with E-state index in [1.165, 1.54) is 125 Å². The van der Waals surface area contributed by atoms with Crippen molar-refractivity contribution < 1.29 is 41.9 Å². The van der Waals surface area contributed by atoms with Gasteiger partial charge in [-0.2, -0.15) is 0 Å². The molecule has 4 heteroatoms. The molecule has 0 spiro atoms. The maximum Gasteiger partial charge on any atom is -0.147 e. The monoisotopic (exact) mass is 1240 g/mol. The van der Waals surface area contributed by atoms with Gasteiger partial charge in [0.15, 0.2) is 0 Å². The first-order valence-electron chi connectivity index (χ1n) is 25.1. The fraction of sp³-hybridized carbons (Fsp3) is 0.323. The molecule has 0 fully saturated rings. The first kappa shape index (κ1) is 47.9. The van der Waals surface area contributed by atoms with Crippen molar-refractivity contribution in [2.45, 2.75) is 117 Å². The second kappa shape index (κ2) is 22.5. The molecule has 0 bridgehead atoms. The molecule has 0 aromatic heterocycles. The van der Waals surface area contributed by atoms with Crippen LogP contribution in [0.4, 0.5) is 0 Å². The van der Waals surface area contributed by atoms with Crippen molar-refractivity contribution >= 4 is 31.3 Å². The second-order valence-electron chi connectivity index (χ2n) is 19.5. The third kappa shape index (κ3) is 9.84. The molecule has 66 heavy (non-hydrogen) atoms. The smallest absolute Gasteiger partial charge is 0.147 e. The summed E-state index contributed by atoms with van der Waals surface area (Å²) in [5.41, 5.74) is 20.1. The molecular formula is C62H66Cl2Hf2. The molecule has 4 unspecified atom stereocenters. The van der Waals surface area contributed by atoms with Crippen LogP contribution in [-0.4, -0.2) is 6.51 Å². The number of rotatable bonds is 8. The van der Waals surface area contributed by atoms with Gasteiger partial charge in [0.1, 0.15) is 0 Å². The van der Waals surface area contributed by atoms with Gasteiger partial charge in [-0.25, -0.2) is 0 Å². The molecule has 4 aromatic rings. The van der Waals surface area contributed by atoms with Crippen molar-refractivity contribution in [3.8, 4) is 0 Å². The number of allylic oxidation sites excluding steroid dienone is 16. The topological polar surface area (TPSA) is 0 Å². The number of hydrogen-bond donors (Lipinski definition) is 0. The van der Waals surface area contributed by atoms with Gasteiger partial charge in [-0.15, -0.1) is 24.8 Å². The summed E-state index contributed by atoms with van der Waals surface area (Å²) in [6.45, 7) is 0. The molecular weight excluding hydrogens is 1170 g/mol. The van der Waals surface area contributed by atoms with Crippen molar-refractivity contribution in [2.24, 2.45) is 0 Å². The Kier molecular flexibility index (Phi) is 16.3. The Hall–Kier alpha value is -3.14. The van der Waals surface area contributed by atoms with Crippen molar-refractivity contribution in [2.75, 3.05) is 0 Å². The van der Waals surface area contributed by atoms with Crippen molar-refractivity contribution in [3.05, 3.63) is 237 Å². The number of benzene rings is 4. The SMILES string of the molecule is C1=C[CH]([Hf](=[C](c2ccccc2)c2ccccc2)[CH]2C=CC3=C2CCCC3)C2=C1CCCC2.C1=C[CH]([Hf](=[C](c2ccccc2)c2ccccc2)[CH]2C=CC3=C2CCCC3)C2=C1CCCC2.Cl.Cl. The molecule has 12 rings (SSSR count). The largest absolute Gasteiger partial charge is 0.147 e. The van der Waals surface area contributed by atoms with Crippen LogP contribution in [0.2, 0.25) is 14.7 Å². The standard InChI is InChI=1S/2C13H10.4C9H11.2ClH.2Hf/c2*1-3-7-12(8-4-1)11-13-9-5-2-6-10-13;4*1-2-5-9-7-3-6-8(9)4-1;;;;/h2*1-10H;4*3,6-7H,1-2,4-5H2;2*1H;;. The van der Waals surface area contributed by atoms with E-state index in [1.54, 1.807) is 28.8 Å². The van der Waals surface area contributed by atoms with Gasteiger partial charge in [-0.3, -0.25) is 0 Å². The zero-order chi connectivity index (χ0) is 42.7. The van der Waals surface area contributed by atoms with Gasteiger partial charge in [-0.05, 0) is 0 Å². The Morgan fingerprint density at radius 2 is 0.500 bits per heavy atom. The third-order valence-electron chi connectivity index (χ3n) is 15.8. The van der Waals surface area contributed by atoms with Crippen molar-refractivity contribution in [1.82, 2.24) is 0 Å². The second-order valence-corrected chi connectivity index (χ2v) is 38.6. The number of halogens is 2. The molecule has 8 aliphatic rings. The van der Waals surface area contributed by atoms with Crippen molar-refractivity contribution in [3.63, 3.8) is 0 Å². The van der Waals surface area contributed by atoms with Crippen LogP contribution < -0.4 is 0 Å². The Morgan fingerprint density at radius 1 is 0.288 bits per heavy atom. The van der Waals surface area contributed by atoms with E-state index in [4.69, 9.17) is 0 Å². The van der Waals surface area contributed by atoms with E-state index >= 15 is 0 Å². The van der Waals surface area contributed by atoms with Crippen LogP contribution in [0.15, 0.2) is 215 Å². The minimum Gasteiger partial charge on any atom is -0.147 e. The van der Waals surface area contributed by atoms with Gasteiger partial charge in [0.25, 0.3) is 0 Å². The van der Waals surface area contributed by atoms with Crippen LogP contribution in [0.3, 0.4) is 0 Å². The Morgan fingerprint density at radius 3 is 0.727 bits per heavy atom. The van der Waals surface area contributed by atoms with E-state index in [1.807, 2.05) is 22.3 Å². The predicted octanol–water partition coefficient (Wildman–Crippen LogP) is 17.5. The summed E-state index contributed by atoms with van der Waals surface area (Å²) in [6, 6.07) is 45.7. The summed E-state index contributed by atoms with van der Waals surface area (Å²) in [5.74, 6) is 0. The van der Waals surface area contributed by atoms with E-state index in [2.05, 4.69) is 170 Å². The average molecular weight is 1240 g/mol. The maximum atomic E-state index is 2.67. The van der Waals surface area contributed by atoms with Crippen LogP contribution in [0.5, 0.6) is 0 Å². The van der Waals surface area contributed by atoms with E-state index in [0.29, 0.717) is 0 Å². The zero-order valence-electron chi connectivity index (χ0n) is 38.6. The molecule has 4 aromatic carbocycles. The molecule has 0 saturated heterocycles. The molecule has 0 aliphatic heterocycles. The van der Waals surface area contributed by atoms with Crippen LogP contribution in [0.1, 0.15) is 125 Å². The van der Waals surface area contributed by atoms with Gasteiger partial charge >= 0.3 is 403 Å². The molecule has 336 valence electrons. The zero-order valence-corrected chi connectivity index (χ0v) is 47.4. The van der Waals surface area contributed by atoms with Crippen LogP contribution in [0, 0.1) is 0 Å². The molecule has 8 aliphatic carbocycles. The third-order valence-corrected chi connectivity index (χ3v) is 41.5. The summed E-state index contributed by atoms with van der Waals surface area (Å²) >= 11 is -4.99. The van der Waals surface area contributed by atoms with Gasteiger partial charge in [0, 0.05) is 0 Å². The first-order chi connectivity index (χ1) is 31.8. The Labute approximate surface area is 423 Å². The fourth-order valence-corrected chi connectivity index (χ4v) is 41.8. The summed E-state index contributed by atoms with van der Waals surface area (Å²) in [4.78, 5) is 0. The summed E-state index contributed by atoms with van der Waals surface area (Å²) in [7, 11) is 0. The van der Waals surface area contributed by atoms with E-state index in [0.717, 1.165) is 14.7 Å². The molecule has 0 saturated carbocycles. The Balaban J connectivity index is 0.000000161. The van der Waals surface area contributed by atoms with E-state index in [-0.39, 0.29) is 24.8 Å². The molecule has 0 N–H and O–H groups in total. The fourth-order valence-electron chi connectivity index (χ4n) is 12.9. The van der Waals surface area contributed by atoms with Crippen LogP contribution in [-0.2, 0) is 41.9 Å². The van der Waals surface area contributed by atoms with Gasteiger partial charge in [-0.1, -0.05) is 0 Å². The summed E-state index contributed by atoms with van der Waals surface area (Å²) in [5, 5.41) is 0. The predicted molar refractivity (Wildman–Crippen MR) is 280 cm³/mol. The van der Waals surface area contributed by atoms with E-state index in [9.17, 15) is 0 Å². The van der Waals surface area contributed by atoms with Crippen LogP contribution >= 0.6 is 24.8 Å². The normalized spacial score (nSPS) is 23.3. The van der Waals surface area contributed by atoms with Crippen LogP contribution in [0.25, 0.3) is 0 Å². The summed E-state index contributed by atoms with van der Waals surface area (Å²) < 4.78 is 6.42. The molecule has 0 radical (unpaired) electrons. The van der Waals surface area contributed by atoms with Gasteiger partial charge in [0.05, 0.1) is 0 Å². The van der Waals surface area contributed by atoms with Gasteiger partial charge in [0.2, 0.25) is 0 Å².